The van der Waals surface area contributed by atoms with Gasteiger partial charge in [0, 0.05) is 27.3 Å². The van der Waals surface area contributed by atoms with Crippen molar-refractivity contribution < 1.29 is 0 Å². The molecule has 3 heteroatoms. The molecule has 0 atom stereocenters. The average Bonchev–Trinajstić information content (AvgIpc) is 2.31. The summed E-state index contributed by atoms with van der Waals surface area (Å²) in [6, 6.07) is 0. The molecule has 0 aliphatic carbocycles. The summed E-state index contributed by atoms with van der Waals surface area (Å²) in [5.41, 5.74) is 2.38. The highest BCUT2D eigenvalue weighted by Gasteiger charge is 2.11. The summed E-state index contributed by atoms with van der Waals surface area (Å²) in [4.78, 5) is 2.10. The van der Waals surface area contributed by atoms with Gasteiger partial charge in [-0.05, 0) is 5.92 Å². The van der Waals surface area contributed by atoms with E-state index in [1.807, 2.05) is 25.8 Å². The van der Waals surface area contributed by atoms with Crippen LogP contribution < -0.4 is 4.90 Å². The quantitative estimate of drug-likeness (QED) is 0.667. The van der Waals surface area contributed by atoms with Crippen LogP contribution in [-0.4, -0.2) is 23.9 Å². The fourth-order valence-corrected chi connectivity index (χ4v) is 1.25. The number of hydrogen-bond acceptors (Lipinski definition) is 2. The molecule has 0 aliphatic heterocycles. The van der Waals surface area contributed by atoms with Crippen LogP contribution in [0.5, 0.6) is 0 Å². The Labute approximate surface area is 74.0 Å². The zero-order valence-corrected chi connectivity index (χ0v) is 8.50. The van der Waals surface area contributed by atoms with Crippen LogP contribution in [0.15, 0.2) is 6.20 Å². The Bertz CT molecular complexity index is 235. The van der Waals surface area contributed by atoms with Crippen molar-refractivity contribution in [2.75, 3.05) is 19.0 Å². The van der Waals surface area contributed by atoms with Gasteiger partial charge in [0.15, 0.2) is 0 Å². The first kappa shape index (κ1) is 9.10. The minimum Gasteiger partial charge on any atom is -0.375 e. The monoisotopic (exact) mass is 167 g/mol. The standard InChI is InChI=1S/C9H17N3/c1-7(2)9-8(11(3)4)6-12(5)10-9/h6-7H,1-5H3. The Balaban J connectivity index is 3.08. The second kappa shape index (κ2) is 3.17. The van der Waals surface area contributed by atoms with Crippen LogP contribution in [-0.2, 0) is 7.05 Å². The van der Waals surface area contributed by atoms with Gasteiger partial charge in [0.2, 0.25) is 0 Å². The first-order valence-electron chi connectivity index (χ1n) is 4.23. The number of anilines is 1. The molecule has 12 heavy (non-hydrogen) atoms. The van der Waals surface area contributed by atoms with E-state index in [1.54, 1.807) is 0 Å². The highest BCUT2D eigenvalue weighted by molar-refractivity contribution is 5.49. The number of aryl methyl sites for hydroxylation is 1. The maximum atomic E-state index is 4.41. The van der Waals surface area contributed by atoms with Crippen molar-refractivity contribution >= 4 is 5.69 Å². The van der Waals surface area contributed by atoms with Gasteiger partial charge in [-0.3, -0.25) is 4.68 Å². The Morgan fingerprint density at radius 2 is 2.00 bits per heavy atom. The maximum Gasteiger partial charge on any atom is 0.0882 e. The lowest BCUT2D eigenvalue weighted by Gasteiger charge is -2.12. The van der Waals surface area contributed by atoms with E-state index in [1.165, 1.54) is 11.4 Å². The summed E-state index contributed by atoms with van der Waals surface area (Å²) >= 11 is 0. The second-order valence-corrected chi connectivity index (χ2v) is 3.62. The molecule has 0 spiro atoms. The molecule has 0 fully saturated rings. The minimum absolute atomic E-state index is 0.489. The molecule has 0 aromatic carbocycles. The van der Waals surface area contributed by atoms with Gasteiger partial charge in [0.25, 0.3) is 0 Å². The summed E-state index contributed by atoms with van der Waals surface area (Å²) in [6.07, 6.45) is 2.05. The van der Waals surface area contributed by atoms with Crippen molar-refractivity contribution in [1.82, 2.24) is 9.78 Å². The Morgan fingerprint density at radius 1 is 1.42 bits per heavy atom. The molecule has 3 nitrogen and oxygen atoms in total. The molecule has 0 amide bonds. The SMILES string of the molecule is CC(C)c1nn(C)cc1N(C)C. The fraction of sp³-hybridized carbons (Fsp3) is 0.667. The van der Waals surface area contributed by atoms with E-state index >= 15 is 0 Å². The molecule has 0 N–H and O–H groups in total. The molecule has 0 saturated heterocycles. The highest BCUT2D eigenvalue weighted by atomic mass is 15.3. The number of nitrogens with zero attached hydrogens (tertiary/aromatic N) is 3. The third-order valence-electron chi connectivity index (χ3n) is 1.87. The molecule has 0 saturated carbocycles. The van der Waals surface area contributed by atoms with Crippen molar-refractivity contribution in [3.8, 4) is 0 Å². The van der Waals surface area contributed by atoms with Crippen LogP contribution in [0.25, 0.3) is 0 Å². The lowest BCUT2D eigenvalue weighted by Crippen LogP contribution is -2.10. The summed E-state index contributed by atoms with van der Waals surface area (Å²) < 4.78 is 1.87. The fourth-order valence-electron chi connectivity index (χ4n) is 1.25. The average molecular weight is 167 g/mol. The first-order valence-corrected chi connectivity index (χ1v) is 4.23. The maximum absolute atomic E-state index is 4.41. The van der Waals surface area contributed by atoms with E-state index in [0.717, 1.165) is 0 Å². The Morgan fingerprint density at radius 3 is 2.33 bits per heavy atom. The van der Waals surface area contributed by atoms with Gasteiger partial charge in [-0.2, -0.15) is 5.10 Å². The molecule has 0 unspecified atom stereocenters. The zero-order chi connectivity index (χ0) is 9.30. The predicted octanol–water partition coefficient (Wildman–Crippen LogP) is 1.61. The first-order chi connectivity index (χ1) is 5.52. The van der Waals surface area contributed by atoms with Crippen molar-refractivity contribution in [3.63, 3.8) is 0 Å². The largest absolute Gasteiger partial charge is 0.375 e. The minimum atomic E-state index is 0.489. The van der Waals surface area contributed by atoms with Gasteiger partial charge in [-0.15, -0.1) is 0 Å². The lowest BCUT2D eigenvalue weighted by atomic mass is 10.1. The molecule has 1 aromatic rings. The number of aromatic nitrogens is 2. The predicted molar refractivity (Wildman–Crippen MR) is 51.6 cm³/mol. The zero-order valence-electron chi connectivity index (χ0n) is 8.50. The smallest absolute Gasteiger partial charge is 0.0882 e. The molecular formula is C9H17N3. The molecule has 0 bridgehead atoms. The molecule has 1 aromatic heterocycles. The van der Waals surface area contributed by atoms with Crippen molar-refractivity contribution in [2.45, 2.75) is 19.8 Å². The van der Waals surface area contributed by atoms with Crippen LogP contribution in [0.1, 0.15) is 25.5 Å². The lowest BCUT2D eigenvalue weighted by molar-refractivity contribution is 0.713. The molecule has 68 valence electrons. The van der Waals surface area contributed by atoms with E-state index in [-0.39, 0.29) is 0 Å². The van der Waals surface area contributed by atoms with Gasteiger partial charge in [0.05, 0.1) is 11.4 Å². The van der Waals surface area contributed by atoms with Gasteiger partial charge in [-0.1, -0.05) is 13.8 Å². The summed E-state index contributed by atoms with van der Waals surface area (Å²) in [7, 11) is 6.05. The topological polar surface area (TPSA) is 21.1 Å². The van der Waals surface area contributed by atoms with Gasteiger partial charge in [-0.25, -0.2) is 0 Å². The van der Waals surface area contributed by atoms with Crippen molar-refractivity contribution in [2.24, 2.45) is 7.05 Å². The van der Waals surface area contributed by atoms with Gasteiger partial charge >= 0.3 is 0 Å². The van der Waals surface area contributed by atoms with E-state index < -0.39 is 0 Å². The van der Waals surface area contributed by atoms with E-state index in [2.05, 4.69) is 30.0 Å². The second-order valence-electron chi connectivity index (χ2n) is 3.62. The molecule has 1 heterocycles. The van der Waals surface area contributed by atoms with Crippen LogP contribution in [0.4, 0.5) is 5.69 Å². The third kappa shape index (κ3) is 1.60. The van der Waals surface area contributed by atoms with Crippen molar-refractivity contribution in [3.05, 3.63) is 11.9 Å². The summed E-state index contributed by atoms with van der Waals surface area (Å²) in [6.45, 7) is 4.32. The number of hydrogen-bond donors (Lipinski definition) is 0. The van der Waals surface area contributed by atoms with Crippen LogP contribution in [0.2, 0.25) is 0 Å². The Hall–Kier alpha value is -0.990. The van der Waals surface area contributed by atoms with E-state index in [0.29, 0.717) is 5.92 Å². The molecule has 0 radical (unpaired) electrons. The van der Waals surface area contributed by atoms with Crippen molar-refractivity contribution in [1.29, 1.82) is 0 Å². The van der Waals surface area contributed by atoms with Gasteiger partial charge < -0.3 is 4.90 Å². The van der Waals surface area contributed by atoms with Crippen LogP contribution >= 0.6 is 0 Å². The summed E-state index contributed by atoms with van der Waals surface area (Å²) in [5.74, 6) is 0.489. The molecule has 0 aliphatic rings. The van der Waals surface area contributed by atoms with E-state index in [4.69, 9.17) is 0 Å². The van der Waals surface area contributed by atoms with E-state index in [9.17, 15) is 0 Å². The highest BCUT2D eigenvalue weighted by Crippen LogP contribution is 2.23. The molecule has 1 rings (SSSR count). The Kier molecular flexibility index (Phi) is 2.40. The summed E-state index contributed by atoms with van der Waals surface area (Å²) in [5, 5.41) is 4.41. The third-order valence-corrected chi connectivity index (χ3v) is 1.87. The van der Waals surface area contributed by atoms with Gasteiger partial charge in [0.1, 0.15) is 0 Å². The van der Waals surface area contributed by atoms with Crippen LogP contribution in [0.3, 0.4) is 0 Å². The normalized spacial score (nSPS) is 10.8. The van der Waals surface area contributed by atoms with Crippen LogP contribution in [0, 0.1) is 0 Å². The molecular weight excluding hydrogens is 150 g/mol. The number of rotatable bonds is 2.